The van der Waals surface area contributed by atoms with Crippen LogP contribution in [0.15, 0.2) is 12.4 Å². The summed E-state index contributed by atoms with van der Waals surface area (Å²) in [7, 11) is -4.57. The predicted octanol–water partition coefficient (Wildman–Crippen LogP) is 0.782. The van der Waals surface area contributed by atoms with Crippen molar-refractivity contribution in [3.63, 3.8) is 0 Å². The number of carbonyl (C=O) groups excluding carboxylic acids is 1. The second kappa shape index (κ2) is 4.77. The molecule has 98 valence electrons. The lowest BCUT2D eigenvalue weighted by molar-refractivity contribution is -0.117. The monoisotopic (exact) mass is 293 g/mol. The minimum Gasteiger partial charge on any atom is -0.309 e. The second-order valence-corrected chi connectivity index (χ2v) is 5.74. The highest BCUT2D eigenvalue weighted by atomic mass is 35.5. The van der Waals surface area contributed by atoms with Gasteiger partial charge in [-0.05, 0) is 11.6 Å². The van der Waals surface area contributed by atoms with Crippen molar-refractivity contribution in [2.24, 2.45) is 5.92 Å². The predicted molar refractivity (Wildman–Crippen MR) is 62.4 cm³/mol. The van der Waals surface area contributed by atoms with Crippen molar-refractivity contribution >= 4 is 33.4 Å². The molecule has 0 bridgehead atoms. The Kier molecular flexibility index (Phi) is 3.49. The zero-order valence-electron chi connectivity index (χ0n) is 9.08. The number of hydrogen-bond donors (Lipinski definition) is 0. The molecule has 18 heavy (non-hydrogen) atoms. The van der Waals surface area contributed by atoms with Crippen LogP contribution in [0.2, 0.25) is 5.28 Å². The number of halogens is 2. The Balaban J connectivity index is 2.12. The van der Waals surface area contributed by atoms with Gasteiger partial charge < -0.3 is 4.90 Å². The van der Waals surface area contributed by atoms with Crippen LogP contribution in [-0.2, 0) is 15.0 Å². The number of rotatable bonds is 3. The zero-order valence-corrected chi connectivity index (χ0v) is 10.7. The molecule has 0 spiro atoms. The van der Waals surface area contributed by atoms with E-state index in [1.165, 1.54) is 17.3 Å². The Morgan fingerprint density at radius 2 is 2.06 bits per heavy atom. The van der Waals surface area contributed by atoms with E-state index in [0.717, 1.165) is 0 Å². The summed E-state index contributed by atoms with van der Waals surface area (Å²) >= 11 is 5.52. The van der Waals surface area contributed by atoms with Crippen molar-refractivity contribution < 1.29 is 17.1 Å². The maximum absolute atomic E-state index is 12.6. The van der Waals surface area contributed by atoms with Gasteiger partial charge >= 0.3 is 10.2 Å². The van der Waals surface area contributed by atoms with Crippen LogP contribution >= 0.6 is 11.6 Å². The Morgan fingerprint density at radius 1 is 1.44 bits per heavy atom. The molecule has 0 N–H and O–H groups in total. The van der Waals surface area contributed by atoms with Crippen LogP contribution in [0, 0.1) is 5.92 Å². The van der Waals surface area contributed by atoms with Gasteiger partial charge in [0.2, 0.25) is 11.2 Å². The molecule has 2 rings (SSSR count). The molecule has 1 aromatic rings. The minimum absolute atomic E-state index is 0.00816. The lowest BCUT2D eigenvalue weighted by Gasteiger charge is -2.15. The van der Waals surface area contributed by atoms with E-state index in [0.29, 0.717) is 5.69 Å². The van der Waals surface area contributed by atoms with Gasteiger partial charge in [-0.15, -0.1) is 3.89 Å². The van der Waals surface area contributed by atoms with Crippen molar-refractivity contribution in [3.8, 4) is 0 Å². The van der Waals surface area contributed by atoms with Gasteiger partial charge in [0.15, 0.2) is 0 Å². The topological polar surface area (TPSA) is 80.2 Å². The van der Waals surface area contributed by atoms with Gasteiger partial charge in [0.1, 0.15) is 0 Å². The van der Waals surface area contributed by atoms with Gasteiger partial charge in [-0.25, -0.2) is 9.97 Å². The van der Waals surface area contributed by atoms with Gasteiger partial charge in [-0.2, -0.15) is 8.42 Å². The van der Waals surface area contributed by atoms with E-state index in [9.17, 15) is 17.1 Å². The molecular weight excluding hydrogens is 285 g/mol. The highest BCUT2D eigenvalue weighted by Gasteiger charge is 2.33. The molecular formula is C9H9ClFN3O3S. The molecule has 1 unspecified atom stereocenters. The van der Waals surface area contributed by atoms with E-state index < -0.39 is 21.9 Å². The smallest absolute Gasteiger partial charge is 0.302 e. The van der Waals surface area contributed by atoms with Crippen LogP contribution < -0.4 is 4.90 Å². The summed E-state index contributed by atoms with van der Waals surface area (Å²) in [5.41, 5.74) is 0.420. The second-order valence-electron chi connectivity index (χ2n) is 3.99. The molecule has 1 amide bonds. The van der Waals surface area contributed by atoms with Gasteiger partial charge in [0.25, 0.3) is 0 Å². The number of anilines is 1. The van der Waals surface area contributed by atoms with Crippen LogP contribution in [0.5, 0.6) is 0 Å². The fraction of sp³-hybridized carbons (Fsp3) is 0.444. The standard InChI is InChI=1S/C9H9ClFN3O3S/c10-9-12-2-7(3-13-9)14-4-6(1-8(14)15)5-18(11,16)17/h2-3,6H,1,4-5H2. The maximum atomic E-state index is 12.6. The average Bonchev–Trinajstić information content (AvgIpc) is 2.58. The van der Waals surface area contributed by atoms with Gasteiger partial charge in [-0.3, -0.25) is 4.79 Å². The molecule has 1 fully saturated rings. The van der Waals surface area contributed by atoms with Crippen LogP contribution in [0.1, 0.15) is 6.42 Å². The summed E-state index contributed by atoms with van der Waals surface area (Å²) in [6.45, 7) is 0.132. The average molecular weight is 294 g/mol. The molecule has 0 aliphatic carbocycles. The van der Waals surface area contributed by atoms with Gasteiger partial charge in [0.05, 0.1) is 23.8 Å². The van der Waals surface area contributed by atoms with E-state index in [1.54, 1.807) is 0 Å². The van der Waals surface area contributed by atoms with Crippen LogP contribution in [0.25, 0.3) is 0 Å². The van der Waals surface area contributed by atoms with Crippen molar-refractivity contribution in [2.45, 2.75) is 6.42 Å². The van der Waals surface area contributed by atoms with Gasteiger partial charge in [0, 0.05) is 18.9 Å². The molecule has 1 aromatic heterocycles. The van der Waals surface area contributed by atoms with E-state index in [1.807, 2.05) is 0 Å². The molecule has 0 saturated carbocycles. The summed E-state index contributed by atoms with van der Waals surface area (Å²) in [5, 5.41) is 0.0493. The van der Waals surface area contributed by atoms with E-state index in [4.69, 9.17) is 11.6 Å². The quantitative estimate of drug-likeness (QED) is 0.608. The van der Waals surface area contributed by atoms with Crippen LogP contribution in [0.3, 0.4) is 0 Å². The number of amides is 1. The maximum Gasteiger partial charge on any atom is 0.302 e. The highest BCUT2D eigenvalue weighted by molar-refractivity contribution is 7.86. The number of carbonyl (C=O) groups is 1. The molecule has 2 heterocycles. The molecule has 1 atom stereocenters. The minimum atomic E-state index is -4.57. The normalized spacial score (nSPS) is 20.4. The number of aromatic nitrogens is 2. The SMILES string of the molecule is O=C1CC(CS(=O)(=O)F)CN1c1cnc(Cl)nc1. The first kappa shape index (κ1) is 13.2. The zero-order chi connectivity index (χ0) is 13.3. The third kappa shape index (κ3) is 3.14. The first-order chi connectivity index (χ1) is 8.35. The summed E-state index contributed by atoms with van der Waals surface area (Å²) in [6.07, 6.45) is 2.71. The Hall–Kier alpha value is -1.28. The molecule has 1 saturated heterocycles. The first-order valence-electron chi connectivity index (χ1n) is 5.05. The molecule has 0 aromatic carbocycles. The molecule has 0 radical (unpaired) electrons. The molecule has 9 heteroatoms. The lowest BCUT2D eigenvalue weighted by Crippen LogP contribution is -2.25. The summed E-state index contributed by atoms with van der Waals surface area (Å²) in [4.78, 5) is 20.5. The van der Waals surface area contributed by atoms with Crippen LogP contribution in [-0.4, -0.2) is 36.6 Å². The first-order valence-corrected chi connectivity index (χ1v) is 6.98. The van der Waals surface area contributed by atoms with E-state index >= 15 is 0 Å². The van der Waals surface area contributed by atoms with E-state index in [-0.39, 0.29) is 24.2 Å². The summed E-state index contributed by atoms with van der Waals surface area (Å²) in [5.74, 6) is -1.48. The van der Waals surface area contributed by atoms with Gasteiger partial charge in [-0.1, -0.05) is 0 Å². The van der Waals surface area contributed by atoms with Crippen molar-refractivity contribution in [3.05, 3.63) is 17.7 Å². The summed E-state index contributed by atoms with van der Waals surface area (Å²) < 4.78 is 33.6. The van der Waals surface area contributed by atoms with Crippen LogP contribution in [0.4, 0.5) is 9.57 Å². The van der Waals surface area contributed by atoms with Crippen molar-refractivity contribution in [1.29, 1.82) is 0 Å². The third-order valence-corrected chi connectivity index (χ3v) is 3.62. The fourth-order valence-electron chi connectivity index (χ4n) is 1.87. The summed E-state index contributed by atoms with van der Waals surface area (Å²) in [6, 6.07) is 0. The Morgan fingerprint density at radius 3 is 2.61 bits per heavy atom. The van der Waals surface area contributed by atoms with Crippen molar-refractivity contribution in [1.82, 2.24) is 9.97 Å². The third-order valence-electron chi connectivity index (χ3n) is 2.56. The number of nitrogens with zero attached hydrogens (tertiary/aromatic N) is 3. The van der Waals surface area contributed by atoms with E-state index in [2.05, 4.69) is 9.97 Å². The Bertz CT molecular complexity index is 563. The van der Waals surface area contributed by atoms with Crippen molar-refractivity contribution in [2.75, 3.05) is 17.2 Å². The largest absolute Gasteiger partial charge is 0.309 e. The lowest BCUT2D eigenvalue weighted by atomic mass is 10.1. The fourth-order valence-corrected chi connectivity index (χ4v) is 2.75. The highest BCUT2D eigenvalue weighted by Crippen LogP contribution is 2.25. The molecule has 1 aliphatic heterocycles. The molecule has 1 aliphatic rings. The Labute approximate surface area is 108 Å². The number of hydrogen-bond acceptors (Lipinski definition) is 5. The molecule has 6 nitrogen and oxygen atoms in total.